The van der Waals surface area contributed by atoms with Crippen molar-refractivity contribution in [2.24, 2.45) is 5.73 Å². The van der Waals surface area contributed by atoms with Crippen LogP contribution in [0.3, 0.4) is 0 Å². The molecule has 23 N–H and O–H groups in total. The van der Waals surface area contributed by atoms with Gasteiger partial charge in [0.15, 0.2) is 31.5 Å². The van der Waals surface area contributed by atoms with E-state index in [1.807, 2.05) is 0 Å². The summed E-state index contributed by atoms with van der Waals surface area (Å²) in [6.07, 6.45) is -62.5. The van der Waals surface area contributed by atoms with Gasteiger partial charge in [-0.3, -0.25) is 0 Å². The maximum atomic E-state index is 11.4. The van der Waals surface area contributed by atoms with Gasteiger partial charge in [0.05, 0.1) is 39.8 Å². The second-order valence-corrected chi connectivity index (χ2v) is 16.7. The van der Waals surface area contributed by atoms with Gasteiger partial charge in [0.1, 0.15) is 153 Å². The Hall–Kier alpha value is -1.28. The van der Waals surface area contributed by atoms with Crippen LogP contribution < -0.4 is 5.73 Å². The molecule has 0 aromatic heterocycles. The van der Waals surface area contributed by atoms with Crippen molar-refractivity contribution in [3.63, 3.8) is 0 Å². The van der Waals surface area contributed by atoms with E-state index in [4.69, 9.17) is 53.1 Å². The van der Waals surface area contributed by atoms with Crippen molar-refractivity contribution in [2.45, 2.75) is 184 Å². The van der Waals surface area contributed by atoms with Crippen LogP contribution in [0.15, 0.2) is 0 Å². The first kappa shape index (κ1) is 57.6. The molecule has 10 unspecified atom stereocenters. The van der Waals surface area contributed by atoms with Gasteiger partial charge in [-0.1, -0.05) is 0 Å². The molecule has 0 radical (unpaired) electrons. The lowest BCUT2D eigenvalue weighted by Crippen LogP contribution is -2.69. The van der Waals surface area contributed by atoms with Gasteiger partial charge in [0, 0.05) is 0 Å². The fourth-order valence-corrected chi connectivity index (χ4v) is 8.32. The summed E-state index contributed by atoms with van der Waals surface area (Å²) in [5, 5.41) is 221. The van der Waals surface area contributed by atoms with Gasteiger partial charge in [0.2, 0.25) is 0 Å². The lowest BCUT2D eigenvalue weighted by molar-refractivity contribution is -0.404. The van der Waals surface area contributed by atoms with Crippen molar-refractivity contribution in [1.29, 1.82) is 0 Å². The van der Waals surface area contributed by atoms with Crippen molar-refractivity contribution in [3.05, 3.63) is 0 Å². The second kappa shape index (κ2) is 25.1. The molecule has 5 aliphatic rings. The first-order valence-corrected chi connectivity index (χ1v) is 21.3. The van der Waals surface area contributed by atoms with Crippen LogP contribution in [0.5, 0.6) is 0 Å². The number of aliphatic hydroxyl groups excluding tert-OH is 21. The number of rotatable bonds is 20. The molecule has 5 rings (SSSR count). The highest BCUT2D eigenvalue weighted by Gasteiger charge is 2.58. The third-order valence-corrected chi connectivity index (χ3v) is 12.2. The maximum absolute atomic E-state index is 11.4. The smallest absolute Gasteiger partial charge is 0.188 e. The van der Waals surface area contributed by atoms with Gasteiger partial charge < -0.3 is 160 Å². The van der Waals surface area contributed by atoms with E-state index in [9.17, 15) is 107 Å². The highest BCUT2D eigenvalue weighted by Crippen LogP contribution is 2.37. The highest BCUT2D eigenvalue weighted by molar-refractivity contribution is 5.01. The summed E-state index contributed by atoms with van der Waals surface area (Å²) in [4.78, 5) is 0. The lowest BCUT2D eigenvalue weighted by Gasteiger charge is -2.50. The molecular formula is C36H65NO31. The van der Waals surface area contributed by atoms with E-state index in [2.05, 4.69) is 0 Å². The molecule has 0 aliphatic carbocycles. The van der Waals surface area contributed by atoms with Gasteiger partial charge in [-0.15, -0.1) is 0 Å². The lowest BCUT2D eigenvalue weighted by atomic mass is 9.92. The zero-order valence-electron chi connectivity index (χ0n) is 35.6. The SMILES string of the molecule is NCO[C@H]1OC([C@H](O)CO)[C@@H](O)[C@H](O)C1O[C@H]1OC([C@H](O)CO)[C@@H](O)[C@H](O)C1O[C@H]1OC([C@@H](CO)O[C@H]2OC([C@H](O)CO)[C@@H](O)[C@H](O[C@H]3O[C@@H]([C@H](O)CO)[C@@H](O)C(O)C3O)C2O)[C@@H](O)[C@H](O)C1O. The van der Waals surface area contributed by atoms with Crippen LogP contribution in [0.4, 0.5) is 0 Å². The van der Waals surface area contributed by atoms with E-state index in [-0.39, 0.29) is 0 Å². The van der Waals surface area contributed by atoms with Gasteiger partial charge in [-0.2, -0.15) is 0 Å². The Morgan fingerprint density at radius 2 is 0.676 bits per heavy atom. The molecule has 0 aromatic carbocycles. The van der Waals surface area contributed by atoms with Crippen molar-refractivity contribution < 1.29 is 155 Å². The molecule has 5 saturated heterocycles. The Bertz CT molecular complexity index is 1500. The van der Waals surface area contributed by atoms with Crippen LogP contribution >= 0.6 is 0 Å². The monoisotopic (exact) mass is 1010 g/mol. The minimum absolute atomic E-state index is 0.657. The maximum Gasteiger partial charge on any atom is 0.188 e. The van der Waals surface area contributed by atoms with E-state index >= 15 is 0 Å². The predicted molar refractivity (Wildman–Crippen MR) is 204 cm³/mol. The molecule has 0 amide bonds. The van der Waals surface area contributed by atoms with Crippen molar-refractivity contribution >= 4 is 0 Å². The summed E-state index contributed by atoms with van der Waals surface area (Å²) < 4.78 is 55.7. The molecule has 0 saturated carbocycles. The molecule has 5 fully saturated rings. The average Bonchev–Trinajstić information content (AvgIpc) is 3.33. The summed E-state index contributed by atoms with van der Waals surface area (Å²) >= 11 is 0. The van der Waals surface area contributed by atoms with Crippen LogP contribution in [0.25, 0.3) is 0 Å². The van der Waals surface area contributed by atoms with Gasteiger partial charge >= 0.3 is 0 Å². The minimum Gasteiger partial charge on any atom is -0.394 e. The summed E-state index contributed by atoms with van der Waals surface area (Å²) in [7, 11) is 0. The zero-order chi connectivity index (χ0) is 50.6. The number of hydrogen-bond donors (Lipinski definition) is 22. The first-order chi connectivity index (χ1) is 32.1. The summed E-state index contributed by atoms with van der Waals surface area (Å²) in [5.74, 6) is 0. The van der Waals surface area contributed by atoms with Crippen LogP contribution in [-0.4, -0.2) is 331 Å². The summed E-state index contributed by atoms with van der Waals surface area (Å²) in [5.41, 5.74) is 5.50. The standard InChI is InChI=1S/C36H65NO31/c37-6-59-35-30(18(53)16(51)25(63-35)8(44)2-39)68-36-31(19(54)17(52)26(64-36)9(45)3-40)67-33-21(56)13(48)15(50)28(65-33)11(5-42)60-34-23(58)29(22(57)27(62-34)10(46)4-41)66-32-20(55)12(47)14(49)24(61-32)7(43)1-38/h7-36,38-58H,1-6,37H2/t7-,8-,9-,10-,11-,12?,13+,14+,15+,16+,17+,18+,19+,20?,21?,22-,23?,24+,25?,26?,27?,28?,29+,30?,31?,32-,33-,34+,35+,36-/m1/s1. The van der Waals surface area contributed by atoms with Crippen molar-refractivity contribution in [3.8, 4) is 0 Å². The van der Waals surface area contributed by atoms with Crippen LogP contribution in [-0.2, 0) is 47.4 Å². The summed E-state index contributed by atoms with van der Waals surface area (Å²) in [6.45, 7) is -6.10. The minimum atomic E-state index is -2.33. The topological polar surface area (TPSA) is 543 Å². The molecule has 0 aromatic rings. The van der Waals surface area contributed by atoms with Gasteiger partial charge in [-0.05, 0) is 0 Å². The summed E-state index contributed by atoms with van der Waals surface area (Å²) in [6, 6.07) is 0. The van der Waals surface area contributed by atoms with E-state index in [1.54, 1.807) is 0 Å². The molecule has 68 heavy (non-hydrogen) atoms. The van der Waals surface area contributed by atoms with Gasteiger partial charge in [0.25, 0.3) is 0 Å². The molecule has 5 aliphatic heterocycles. The third-order valence-electron chi connectivity index (χ3n) is 12.2. The normalized spacial score (nSPS) is 48.4. The molecule has 30 atom stereocenters. The number of aliphatic hydroxyl groups is 21. The van der Waals surface area contributed by atoms with Crippen LogP contribution in [0.1, 0.15) is 0 Å². The van der Waals surface area contributed by atoms with Crippen molar-refractivity contribution in [2.75, 3.05) is 39.8 Å². The van der Waals surface area contributed by atoms with Crippen LogP contribution in [0, 0.1) is 0 Å². The van der Waals surface area contributed by atoms with E-state index in [0.717, 1.165) is 0 Å². The van der Waals surface area contributed by atoms with E-state index in [0.29, 0.717) is 0 Å². The molecule has 400 valence electrons. The van der Waals surface area contributed by atoms with Gasteiger partial charge in [-0.25, -0.2) is 0 Å². The van der Waals surface area contributed by atoms with Crippen LogP contribution in [0.2, 0.25) is 0 Å². The average molecular weight is 1010 g/mol. The quantitative estimate of drug-likeness (QED) is 0.0504. The molecular weight excluding hydrogens is 942 g/mol. The van der Waals surface area contributed by atoms with Crippen molar-refractivity contribution in [1.82, 2.24) is 0 Å². The molecule has 32 heteroatoms. The Morgan fingerprint density at radius 1 is 0.338 bits per heavy atom. The zero-order valence-corrected chi connectivity index (χ0v) is 35.6. The first-order valence-electron chi connectivity index (χ1n) is 21.3. The number of ether oxygens (including phenoxy) is 10. The van der Waals surface area contributed by atoms with E-state index in [1.165, 1.54) is 0 Å². The fourth-order valence-electron chi connectivity index (χ4n) is 8.32. The molecule has 0 spiro atoms. The molecule has 32 nitrogen and oxygen atoms in total. The Balaban J connectivity index is 1.41. The Kier molecular flexibility index (Phi) is 21.3. The predicted octanol–water partition coefficient (Wildman–Crippen LogP) is -15.2. The third kappa shape index (κ3) is 12.0. The Morgan fingerprint density at radius 3 is 1.12 bits per heavy atom. The second-order valence-electron chi connectivity index (χ2n) is 16.7. The fraction of sp³-hybridized carbons (Fsp3) is 1.00. The number of nitrogens with two attached hydrogens (primary N) is 1. The molecule has 5 heterocycles. The Labute approximate surface area is 384 Å². The van der Waals surface area contributed by atoms with E-state index < -0.39 is 224 Å². The number of hydrogen-bond acceptors (Lipinski definition) is 32. The largest absolute Gasteiger partial charge is 0.394 e. The highest BCUT2D eigenvalue weighted by atomic mass is 16.8. The molecule has 0 bridgehead atoms.